The molecule has 0 saturated heterocycles. The van der Waals surface area contributed by atoms with Crippen LogP contribution in [-0.2, 0) is 6.42 Å². The smallest absolute Gasteiger partial charge is 0.150 e. The van der Waals surface area contributed by atoms with E-state index in [2.05, 4.69) is 9.97 Å². The van der Waals surface area contributed by atoms with Gasteiger partial charge in [0.1, 0.15) is 5.82 Å². The Morgan fingerprint density at radius 3 is 2.81 bits per heavy atom. The summed E-state index contributed by atoms with van der Waals surface area (Å²) in [5.74, 6) is 0.756. The van der Waals surface area contributed by atoms with Crippen LogP contribution in [0.15, 0.2) is 24.3 Å². The topological polar surface area (TPSA) is 48.9 Å². The number of rotatable bonds is 3. The molecule has 16 heavy (non-hydrogen) atoms. The lowest BCUT2D eigenvalue weighted by molar-refractivity contribution is 0.298. The maximum absolute atomic E-state index is 8.87. The summed E-state index contributed by atoms with van der Waals surface area (Å²) in [7, 11) is 0. The van der Waals surface area contributed by atoms with Crippen molar-refractivity contribution in [2.24, 2.45) is 0 Å². The first-order valence-electron chi connectivity index (χ1n) is 5.13. The maximum Gasteiger partial charge on any atom is 0.150 e. The Labute approximate surface area is 99.1 Å². The molecular weight excluding hydrogens is 224 g/mol. The number of aromatic nitrogens is 2. The Balaban J connectivity index is 2.42. The molecule has 0 bridgehead atoms. The number of aromatic amines is 1. The molecule has 2 rings (SSSR count). The molecule has 3 nitrogen and oxygen atoms in total. The van der Waals surface area contributed by atoms with Crippen LogP contribution in [0.4, 0.5) is 0 Å². The Kier molecular flexibility index (Phi) is 3.27. The van der Waals surface area contributed by atoms with Crippen LogP contribution in [0.1, 0.15) is 11.3 Å². The summed E-state index contributed by atoms with van der Waals surface area (Å²) in [5, 5.41) is 9.31. The van der Waals surface area contributed by atoms with E-state index in [1.54, 1.807) is 0 Å². The molecule has 0 fully saturated rings. The molecule has 0 amide bonds. The van der Waals surface area contributed by atoms with Gasteiger partial charge in [-0.3, -0.25) is 0 Å². The molecule has 0 spiro atoms. The fourth-order valence-corrected chi connectivity index (χ4v) is 1.86. The van der Waals surface area contributed by atoms with Gasteiger partial charge in [-0.2, -0.15) is 0 Å². The molecule has 2 aromatic rings. The number of nitrogens with one attached hydrogen (secondary N) is 1. The van der Waals surface area contributed by atoms with Crippen LogP contribution in [-0.4, -0.2) is 21.7 Å². The predicted molar refractivity (Wildman–Crippen MR) is 64.6 cm³/mol. The first-order chi connectivity index (χ1) is 7.72. The van der Waals surface area contributed by atoms with E-state index in [1.165, 1.54) is 0 Å². The number of benzene rings is 1. The van der Waals surface area contributed by atoms with E-state index in [1.807, 2.05) is 31.2 Å². The van der Waals surface area contributed by atoms with Crippen molar-refractivity contribution in [1.82, 2.24) is 9.97 Å². The fourth-order valence-electron chi connectivity index (χ4n) is 1.63. The van der Waals surface area contributed by atoms with Crippen molar-refractivity contribution in [3.8, 4) is 11.4 Å². The second-order valence-corrected chi connectivity index (χ2v) is 4.00. The van der Waals surface area contributed by atoms with E-state index in [4.69, 9.17) is 16.7 Å². The van der Waals surface area contributed by atoms with Crippen molar-refractivity contribution >= 4 is 11.6 Å². The summed E-state index contributed by atoms with van der Waals surface area (Å²) < 4.78 is 0. The first kappa shape index (κ1) is 11.2. The zero-order valence-electron chi connectivity index (χ0n) is 9.00. The van der Waals surface area contributed by atoms with Crippen molar-refractivity contribution in [3.63, 3.8) is 0 Å². The molecule has 0 unspecified atom stereocenters. The SMILES string of the molecule is Cc1ccccc1-c1nc(Cl)c(CCO)[nH]1. The number of halogens is 1. The van der Waals surface area contributed by atoms with Crippen molar-refractivity contribution in [1.29, 1.82) is 0 Å². The van der Waals surface area contributed by atoms with E-state index < -0.39 is 0 Å². The van der Waals surface area contributed by atoms with Gasteiger partial charge in [0.15, 0.2) is 5.15 Å². The molecule has 1 aromatic heterocycles. The monoisotopic (exact) mass is 236 g/mol. The van der Waals surface area contributed by atoms with Crippen LogP contribution in [0.3, 0.4) is 0 Å². The van der Waals surface area contributed by atoms with E-state index in [0.29, 0.717) is 11.6 Å². The maximum atomic E-state index is 8.87. The molecule has 0 aliphatic rings. The molecule has 1 aromatic carbocycles. The van der Waals surface area contributed by atoms with Crippen molar-refractivity contribution in [2.75, 3.05) is 6.61 Å². The molecule has 1 heterocycles. The van der Waals surface area contributed by atoms with Crippen molar-refractivity contribution in [3.05, 3.63) is 40.7 Å². The molecular formula is C12H13ClN2O. The quantitative estimate of drug-likeness (QED) is 0.861. The average molecular weight is 237 g/mol. The number of imidazole rings is 1. The Bertz CT molecular complexity index is 494. The lowest BCUT2D eigenvalue weighted by atomic mass is 10.1. The highest BCUT2D eigenvalue weighted by Gasteiger charge is 2.10. The van der Waals surface area contributed by atoms with Gasteiger partial charge < -0.3 is 10.1 Å². The average Bonchev–Trinajstić information content (AvgIpc) is 2.61. The molecule has 0 aliphatic heterocycles. The van der Waals surface area contributed by atoms with Gasteiger partial charge >= 0.3 is 0 Å². The molecule has 2 N–H and O–H groups in total. The highest BCUT2D eigenvalue weighted by molar-refractivity contribution is 6.30. The number of aryl methyl sites for hydroxylation is 1. The highest BCUT2D eigenvalue weighted by atomic mass is 35.5. The molecule has 84 valence electrons. The number of hydrogen-bond acceptors (Lipinski definition) is 2. The van der Waals surface area contributed by atoms with Crippen LogP contribution < -0.4 is 0 Å². The standard InChI is InChI=1S/C12H13ClN2O/c1-8-4-2-3-5-9(8)12-14-10(6-7-16)11(13)15-12/h2-5,16H,6-7H2,1H3,(H,14,15). The lowest BCUT2D eigenvalue weighted by Crippen LogP contribution is -1.91. The normalized spacial score (nSPS) is 10.7. The molecule has 4 heteroatoms. The first-order valence-corrected chi connectivity index (χ1v) is 5.51. The highest BCUT2D eigenvalue weighted by Crippen LogP contribution is 2.24. The molecule has 0 aliphatic carbocycles. The van der Waals surface area contributed by atoms with Crippen LogP contribution in [0.5, 0.6) is 0 Å². The van der Waals surface area contributed by atoms with Crippen LogP contribution >= 0.6 is 11.6 Å². The number of nitrogens with zero attached hydrogens (tertiary/aromatic N) is 1. The third kappa shape index (κ3) is 2.10. The molecule has 0 saturated carbocycles. The zero-order chi connectivity index (χ0) is 11.5. The zero-order valence-corrected chi connectivity index (χ0v) is 9.75. The van der Waals surface area contributed by atoms with Gasteiger partial charge in [-0.25, -0.2) is 4.98 Å². The van der Waals surface area contributed by atoms with Gasteiger partial charge in [0.05, 0.1) is 5.69 Å². The van der Waals surface area contributed by atoms with Crippen molar-refractivity contribution < 1.29 is 5.11 Å². The minimum absolute atomic E-state index is 0.0646. The number of aliphatic hydroxyl groups excluding tert-OH is 1. The van der Waals surface area contributed by atoms with E-state index >= 15 is 0 Å². The van der Waals surface area contributed by atoms with Crippen LogP contribution in [0.2, 0.25) is 5.15 Å². The Morgan fingerprint density at radius 1 is 1.38 bits per heavy atom. The third-order valence-electron chi connectivity index (χ3n) is 2.49. The van der Waals surface area contributed by atoms with Gasteiger partial charge in [-0.05, 0) is 12.5 Å². The summed E-state index contributed by atoms with van der Waals surface area (Å²) >= 11 is 5.97. The van der Waals surface area contributed by atoms with Crippen molar-refractivity contribution in [2.45, 2.75) is 13.3 Å². The van der Waals surface area contributed by atoms with Crippen LogP contribution in [0, 0.1) is 6.92 Å². The van der Waals surface area contributed by atoms with E-state index in [9.17, 15) is 0 Å². The Morgan fingerprint density at radius 2 is 2.12 bits per heavy atom. The lowest BCUT2D eigenvalue weighted by Gasteiger charge is -2.00. The van der Waals surface area contributed by atoms with E-state index in [0.717, 1.165) is 22.6 Å². The summed E-state index contributed by atoms with van der Waals surface area (Å²) in [5.41, 5.74) is 2.96. The second-order valence-electron chi connectivity index (χ2n) is 3.64. The molecule has 0 atom stereocenters. The third-order valence-corrected chi connectivity index (χ3v) is 2.80. The molecule has 0 radical (unpaired) electrons. The van der Waals surface area contributed by atoms with Gasteiger partial charge in [-0.15, -0.1) is 0 Å². The van der Waals surface area contributed by atoms with Gasteiger partial charge in [0.25, 0.3) is 0 Å². The minimum atomic E-state index is 0.0646. The summed E-state index contributed by atoms with van der Waals surface area (Å²) in [4.78, 5) is 7.40. The summed E-state index contributed by atoms with van der Waals surface area (Å²) in [6.07, 6.45) is 0.498. The number of H-pyrrole nitrogens is 1. The van der Waals surface area contributed by atoms with E-state index in [-0.39, 0.29) is 6.61 Å². The Hall–Kier alpha value is -1.32. The second kappa shape index (κ2) is 4.68. The predicted octanol–water partition coefficient (Wildman–Crippen LogP) is 2.57. The fraction of sp³-hybridized carbons (Fsp3) is 0.250. The van der Waals surface area contributed by atoms with Crippen LogP contribution in [0.25, 0.3) is 11.4 Å². The number of aliphatic hydroxyl groups is 1. The van der Waals surface area contributed by atoms with Gasteiger partial charge in [-0.1, -0.05) is 35.9 Å². The van der Waals surface area contributed by atoms with Gasteiger partial charge in [0, 0.05) is 18.6 Å². The summed E-state index contributed by atoms with van der Waals surface area (Å²) in [6, 6.07) is 7.97. The summed E-state index contributed by atoms with van der Waals surface area (Å²) in [6.45, 7) is 2.09. The largest absolute Gasteiger partial charge is 0.396 e. The van der Waals surface area contributed by atoms with Gasteiger partial charge in [0.2, 0.25) is 0 Å². The number of hydrogen-bond donors (Lipinski definition) is 2. The minimum Gasteiger partial charge on any atom is -0.396 e.